The fraction of sp³-hybridized carbons (Fsp3) is 0.0800. The van der Waals surface area contributed by atoms with E-state index in [1.807, 2.05) is 42.6 Å². The molecule has 8 nitrogen and oxygen atoms in total. The monoisotopic (exact) mass is 438 g/mol. The lowest BCUT2D eigenvalue weighted by Crippen LogP contribution is -2.22. The van der Waals surface area contributed by atoms with E-state index >= 15 is 0 Å². The van der Waals surface area contributed by atoms with Gasteiger partial charge in [-0.15, -0.1) is 0 Å². The summed E-state index contributed by atoms with van der Waals surface area (Å²) in [5.74, 6) is -0.928. The maximum atomic E-state index is 12.7. The Kier molecular flexibility index (Phi) is 6.47. The van der Waals surface area contributed by atoms with E-state index in [1.165, 1.54) is 6.20 Å². The molecule has 0 fully saturated rings. The third kappa shape index (κ3) is 5.08. The Morgan fingerprint density at radius 3 is 2.39 bits per heavy atom. The molecule has 0 saturated carbocycles. The van der Waals surface area contributed by atoms with Crippen LogP contribution in [0, 0.1) is 0 Å². The number of aromatic nitrogens is 3. The summed E-state index contributed by atoms with van der Waals surface area (Å²) in [6.45, 7) is 0.435. The molecule has 0 unspecified atom stereocenters. The highest BCUT2D eigenvalue weighted by Gasteiger charge is 2.14. The molecule has 0 radical (unpaired) electrons. The minimum Gasteiger partial charge on any atom is -0.364 e. The molecule has 0 saturated heterocycles. The fourth-order valence-electron chi connectivity index (χ4n) is 3.35. The van der Waals surface area contributed by atoms with Gasteiger partial charge in [0.25, 0.3) is 11.8 Å². The molecule has 8 heteroatoms. The molecule has 4 aromatic rings. The van der Waals surface area contributed by atoms with Gasteiger partial charge in [-0.05, 0) is 34.9 Å². The second-order valence-electron chi connectivity index (χ2n) is 7.32. The number of benzene rings is 2. The molecule has 2 amide bonds. The molecule has 0 atom stereocenters. The van der Waals surface area contributed by atoms with Crippen LogP contribution in [0.25, 0.3) is 22.4 Å². The summed E-state index contributed by atoms with van der Waals surface area (Å²) in [4.78, 5) is 37.0. The van der Waals surface area contributed by atoms with E-state index in [0.717, 1.165) is 16.7 Å². The van der Waals surface area contributed by atoms with Gasteiger partial charge in [-0.3, -0.25) is 19.6 Å². The zero-order chi connectivity index (χ0) is 23.2. The number of hydrogen-bond donors (Lipinski definition) is 3. The van der Waals surface area contributed by atoms with Crippen LogP contribution in [0.1, 0.15) is 32.1 Å². The maximum Gasteiger partial charge on any atom is 0.269 e. The third-order valence-corrected chi connectivity index (χ3v) is 5.10. The lowest BCUT2D eigenvalue weighted by Gasteiger charge is -2.09. The first-order chi connectivity index (χ1) is 16.0. The van der Waals surface area contributed by atoms with Gasteiger partial charge in [0.15, 0.2) is 5.69 Å². The Morgan fingerprint density at radius 1 is 0.909 bits per heavy atom. The number of primary amides is 1. The smallest absolute Gasteiger partial charge is 0.269 e. The van der Waals surface area contributed by atoms with Crippen molar-refractivity contribution in [2.24, 2.45) is 11.5 Å². The fourth-order valence-corrected chi connectivity index (χ4v) is 3.35. The average Bonchev–Trinajstić information content (AvgIpc) is 2.87. The molecular weight excluding hydrogens is 416 g/mol. The summed E-state index contributed by atoms with van der Waals surface area (Å²) in [5.41, 5.74) is 15.9. The molecule has 0 spiro atoms. The van der Waals surface area contributed by atoms with Gasteiger partial charge >= 0.3 is 0 Å². The van der Waals surface area contributed by atoms with E-state index in [4.69, 9.17) is 11.5 Å². The van der Waals surface area contributed by atoms with Crippen LogP contribution in [0.15, 0.2) is 79.3 Å². The molecular formula is C25H22N6O2. The molecule has 164 valence electrons. The van der Waals surface area contributed by atoms with Gasteiger partial charge in [0.1, 0.15) is 0 Å². The van der Waals surface area contributed by atoms with Crippen LogP contribution in [0.2, 0.25) is 0 Å². The maximum absolute atomic E-state index is 12.7. The van der Waals surface area contributed by atoms with Crippen molar-refractivity contribution in [3.05, 3.63) is 102 Å². The van der Waals surface area contributed by atoms with Gasteiger partial charge in [0.2, 0.25) is 0 Å². The van der Waals surface area contributed by atoms with Gasteiger partial charge in [-0.25, -0.2) is 4.98 Å². The average molecular weight is 438 g/mol. The molecule has 5 N–H and O–H groups in total. The number of carbonyl (C=O) groups excluding carboxylic acids is 2. The second-order valence-corrected chi connectivity index (χ2v) is 7.32. The highest BCUT2D eigenvalue weighted by atomic mass is 16.2. The summed E-state index contributed by atoms with van der Waals surface area (Å²) in [6.07, 6.45) is 5.06. The summed E-state index contributed by atoms with van der Waals surface area (Å²) >= 11 is 0. The Balaban J connectivity index is 1.46. The van der Waals surface area contributed by atoms with Crippen molar-refractivity contribution in [3.63, 3.8) is 0 Å². The van der Waals surface area contributed by atoms with Crippen LogP contribution >= 0.6 is 0 Å². The predicted molar refractivity (Wildman–Crippen MR) is 125 cm³/mol. The van der Waals surface area contributed by atoms with Gasteiger partial charge in [0, 0.05) is 36.6 Å². The molecule has 0 aliphatic rings. The first-order valence-corrected chi connectivity index (χ1v) is 10.3. The van der Waals surface area contributed by atoms with Crippen LogP contribution in [-0.2, 0) is 13.1 Å². The number of nitrogens with zero attached hydrogens (tertiary/aromatic N) is 3. The largest absolute Gasteiger partial charge is 0.364 e. The number of amides is 2. The van der Waals surface area contributed by atoms with Crippen LogP contribution in [0.4, 0.5) is 0 Å². The van der Waals surface area contributed by atoms with E-state index in [0.29, 0.717) is 29.1 Å². The topological polar surface area (TPSA) is 137 Å². The summed E-state index contributed by atoms with van der Waals surface area (Å²) in [6, 6.07) is 18.8. The van der Waals surface area contributed by atoms with E-state index < -0.39 is 5.91 Å². The summed E-state index contributed by atoms with van der Waals surface area (Å²) in [7, 11) is 0. The number of nitrogens with one attached hydrogen (secondary N) is 1. The van der Waals surface area contributed by atoms with E-state index in [2.05, 4.69) is 20.3 Å². The highest BCUT2D eigenvalue weighted by molar-refractivity contribution is 5.95. The standard InChI is InChI=1S/C25H22N6O2/c26-12-21-23(24(27)32)31-22(15-29-21)18-3-1-4-19(11-18)25(33)30-13-16-6-8-17(9-7-16)20-5-2-10-28-14-20/h1-11,14-15H,12-13,26H2,(H2,27,32)(H,30,33). The number of rotatable bonds is 7. The van der Waals surface area contributed by atoms with Crippen molar-refractivity contribution >= 4 is 11.8 Å². The highest BCUT2D eigenvalue weighted by Crippen LogP contribution is 2.20. The molecule has 0 bridgehead atoms. The Hall–Kier alpha value is -4.43. The van der Waals surface area contributed by atoms with Crippen molar-refractivity contribution in [2.75, 3.05) is 0 Å². The number of carbonyl (C=O) groups is 2. The van der Waals surface area contributed by atoms with Crippen LogP contribution in [0.5, 0.6) is 0 Å². The SMILES string of the molecule is NCc1ncc(-c2cccc(C(=O)NCc3ccc(-c4cccnc4)cc3)c2)nc1C(N)=O. The number of pyridine rings is 1. The zero-order valence-electron chi connectivity index (χ0n) is 17.7. The summed E-state index contributed by atoms with van der Waals surface area (Å²) in [5, 5.41) is 2.92. The van der Waals surface area contributed by atoms with E-state index in [9.17, 15) is 9.59 Å². The Labute approximate surface area is 190 Å². The number of hydrogen-bond acceptors (Lipinski definition) is 6. The van der Waals surface area contributed by atoms with Gasteiger partial charge in [-0.2, -0.15) is 0 Å². The van der Waals surface area contributed by atoms with Crippen molar-refractivity contribution in [1.82, 2.24) is 20.3 Å². The molecule has 0 aliphatic heterocycles. The second kappa shape index (κ2) is 9.80. The van der Waals surface area contributed by atoms with E-state index in [1.54, 1.807) is 30.5 Å². The van der Waals surface area contributed by atoms with Crippen molar-refractivity contribution in [1.29, 1.82) is 0 Å². The quantitative estimate of drug-likeness (QED) is 0.406. The van der Waals surface area contributed by atoms with Gasteiger partial charge in [0.05, 0.1) is 17.6 Å². The summed E-state index contributed by atoms with van der Waals surface area (Å²) < 4.78 is 0. The minimum atomic E-state index is -0.701. The lowest BCUT2D eigenvalue weighted by atomic mass is 10.1. The molecule has 0 aliphatic carbocycles. The normalized spacial score (nSPS) is 10.6. The van der Waals surface area contributed by atoms with Crippen LogP contribution in [0.3, 0.4) is 0 Å². The molecule has 4 rings (SSSR count). The third-order valence-electron chi connectivity index (χ3n) is 5.10. The van der Waals surface area contributed by atoms with Gasteiger partial charge in [-0.1, -0.05) is 42.5 Å². The first-order valence-electron chi connectivity index (χ1n) is 10.3. The van der Waals surface area contributed by atoms with Crippen molar-refractivity contribution < 1.29 is 9.59 Å². The Morgan fingerprint density at radius 2 is 1.70 bits per heavy atom. The zero-order valence-corrected chi connectivity index (χ0v) is 17.7. The Bertz CT molecular complexity index is 1290. The van der Waals surface area contributed by atoms with E-state index in [-0.39, 0.29) is 18.1 Å². The van der Waals surface area contributed by atoms with Crippen LogP contribution < -0.4 is 16.8 Å². The minimum absolute atomic E-state index is 0.0274. The predicted octanol–water partition coefficient (Wildman–Crippen LogP) is 2.69. The molecule has 2 heterocycles. The molecule has 33 heavy (non-hydrogen) atoms. The first kappa shape index (κ1) is 21.8. The van der Waals surface area contributed by atoms with Crippen molar-refractivity contribution in [2.45, 2.75) is 13.1 Å². The lowest BCUT2D eigenvalue weighted by molar-refractivity contribution is 0.0949. The molecule has 2 aromatic heterocycles. The molecule has 2 aromatic carbocycles. The number of nitrogens with two attached hydrogens (primary N) is 2. The van der Waals surface area contributed by atoms with Crippen molar-refractivity contribution in [3.8, 4) is 22.4 Å². The van der Waals surface area contributed by atoms with Gasteiger partial charge < -0.3 is 16.8 Å². The van der Waals surface area contributed by atoms with Crippen LogP contribution in [-0.4, -0.2) is 26.8 Å².